The summed E-state index contributed by atoms with van der Waals surface area (Å²) < 4.78 is 17.6. The number of benzene rings is 2. The van der Waals surface area contributed by atoms with Gasteiger partial charge in [0.15, 0.2) is 0 Å². The smallest absolute Gasteiger partial charge is 0.352 e. The van der Waals surface area contributed by atoms with E-state index in [4.69, 9.17) is 14.2 Å². The molecule has 0 fully saturated rings. The van der Waals surface area contributed by atoms with Crippen molar-refractivity contribution in [3.63, 3.8) is 0 Å². The highest BCUT2D eigenvalue weighted by Gasteiger charge is 2.31. The second-order valence-electron chi connectivity index (χ2n) is 7.07. The van der Waals surface area contributed by atoms with Crippen LogP contribution in [0.15, 0.2) is 60.4 Å². The van der Waals surface area contributed by atoms with Crippen molar-refractivity contribution in [2.24, 2.45) is 0 Å². The zero-order valence-corrected chi connectivity index (χ0v) is 18.2. The number of amides is 1. The predicted octanol–water partition coefficient (Wildman–Crippen LogP) is 3.14. The van der Waals surface area contributed by atoms with Crippen molar-refractivity contribution in [1.82, 2.24) is 9.78 Å². The summed E-state index contributed by atoms with van der Waals surface area (Å²) in [6.45, 7) is 0. The lowest BCUT2D eigenvalue weighted by atomic mass is 10.0. The quantitative estimate of drug-likeness (QED) is 0.502. The normalized spacial score (nSPS) is 14.4. The number of anilines is 2. The lowest BCUT2D eigenvalue weighted by Gasteiger charge is -2.26. The Hall–Kier alpha value is -4.47. The molecule has 170 valence electrons. The Morgan fingerprint density at radius 1 is 1.06 bits per heavy atom. The van der Waals surface area contributed by atoms with Crippen molar-refractivity contribution in [1.29, 1.82) is 0 Å². The summed E-state index contributed by atoms with van der Waals surface area (Å²) in [7, 11) is 4.56. The van der Waals surface area contributed by atoms with Crippen LogP contribution in [0.25, 0.3) is 0 Å². The number of para-hydroxylation sites is 2. The molecule has 10 nitrogen and oxygen atoms in total. The van der Waals surface area contributed by atoms with E-state index in [-0.39, 0.29) is 17.1 Å². The van der Waals surface area contributed by atoms with Crippen molar-refractivity contribution >= 4 is 23.4 Å². The standard InChI is InChI=1S/C23H22N4O6/c1-31-13-8-9-19(32-2)14(10-13)18-11-17(23(29)30)25-21-15(12-24-27(18)21)22(28)26-16-6-4-5-7-20(16)33-3/h4-12,18,25H,1-3H3,(H,26,28)(H,29,30)/t18-/m1/s1. The molecule has 3 N–H and O–H groups in total. The number of carboxylic acid groups (broad SMARTS) is 1. The first-order valence-electron chi connectivity index (χ1n) is 9.92. The fourth-order valence-corrected chi connectivity index (χ4v) is 3.62. The number of hydrogen-bond acceptors (Lipinski definition) is 7. The number of carboxylic acids is 1. The van der Waals surface area contributed by atoms with Crippen molar-refractivity contribution < 1.29 is 28.9 Å². The summed E-state index contributed by atoms with van der Waals surface area (Å²) in [6, 6.07) is 11.5. The van der Waals surface area contributed by atoms with E-state index in [1.165, 1.54) is 38.3 Å². The van der Waals surface area contributed by atoms with E-state index >= 15 is 0 Å². The van der Waals surface area contributed by atoms with Crippen LogP contribution < -0.4 is 24.8 Å². The summed E-state index contributed by atoms with van der Waals surface area (Å²) in [4.78, 5) is 24.9. The van der Waals surface area contributed by atoms with Crippen molar-refractivity contribution in [2.45, 2.75) is 6.04 Å². The van der Waals surface area contributed by atoms with Gasteiger partial charge in [0.2, 0.25) is 0 Å². The number of carbonyl (C=O) groups is 2. The number of aromatic nitrogens is 2. The maximum Gasteiger partial charge on any atom is 0.352 e. The van der Waals surface area contributed by atoms with Crippen molar-refractivity contribution in [3.8, 4) is 17.2 Å². The second kappa shape index (κ2) is 8.95. The molecule has 1 aromatic heterocycles. The molecule has 1 aliphatic heterocycles. The molecule has 0 aliphatic carbocycles. The van der Waals surface area contributed by atoms with Gasteiger partial charge in [-0.1, -0.05) is 12.1 Å². The van der Waals surface area contributed by atoms with Gasteiger partial charge in [-0.15, -0.1) is 0 Å². The van der Waals surface area contributed by atoms with E-state index in [0.717, 1.165) is 0 Å². The number of fused-ring (bicyclic) bond motifs is 1. The Morgan fingerprint density at radius 3 is 2.52 bits per heavy atom. The van der Waals surface area contributed by atoms with E-state index in [9.17, 15) is 14.7 Å². The van der Waals surface area contributed by atoms with Crippen LogP contribution in [0.4, 0.5) is 11.5 Å². The van der Waals surface area contributed by atoms with Crippen LogP contribution in [0.5, 0.6) is 17.2 Å². The minimum Gasteiger partial charge on any atom is -0.497 e. The predicted molar refractivity (Wildman–Crippen MR) is 120 cm³/mol. The number of hydrogen-bond donors (Lipinski definition) is 3. The maximum absolute atomic E-state index is 13.1. The van der Waals surface area contributed by atoms with Crippen molar-refractivity contribution in [3.05, 3.63) is 71.6 Å². The van der Waals surface area contributed by atoms with Gasteiger partial charge < -0.3 is 30.0 Å². The number of nitrogens with one attached hydrogen (secondary N) is 2. The SMILES string of the molecule is COc1ccc(OC)c([C@H]2C=C(C(=O)O)Nc3c(C(=O)Nc4ccccc4OC)cnn32)c1. The van der Waals surface area contributed by atoms with Gasteiger partial charge in [0.25, 0.3) is 5.91 Å². The third-order valence-electron chi connectivity index (χ3n) is 5.22. The van der Waals surface area contributed by atoms with Gasteiger partial charge in [-0.3, -0.25) is 4.79 Å². The van der Waals surface area contributed by atoms with Gasteiger partial charge in [-0.25, -0.2) is 9.48 Å². The molecule has 1 aliphatic rings. The number of carbonyl (C=O) groups excluding carboxylic acids is 1. The molecule has 0 bridgehead atoms. The Balaban J connectivity index is 1.78. The Bertz CT molecular complexity index is 1250. The summed E-state index contributed by atoms with van der Waals surface area (Å²) in [5, 5.41) is 19.7. The van der Waals surface area contributed by atoms with E-state index < -0.39 is 17.9 Å². The monoisotopic (exact) mass is 450 g/mol. The molecule has 0 radical (unpaired) electrons. The molecule has 2 heterocycles. The molecular weight excluding hydrogens is 428 g/mol. The first kappa shape index (κ1) is 21.8. The Morgan fingerprint density at radius 2 is 1.82 bits per heavy atom. The van der Waals surface area contributed by atoms with E-state index in [2.05, 4.69) is 15.7 Å². The van der Waals surface area contributed by atoms with Gasteiger partial charge in [0.05, 0.1) is 33.2 Å². The van der Waals surface area contributed by atoms with Gasteiger partial charge in [0, 0.05) is 5.56 Å². The highest BCUT2D eigenvalue weighted by Crippen LogP contribution is 2.38. The largest absolute Gasteiger partial charge is 0.497 e. The average molecular weight is 450 g/mol. The maximum atomic E-state index is 13.1. The Kier molecular flexibility index (Phi) is 5.90. The number of ether oxygens (including phenoxy) is 3. The first-order valence-corrected chi connectivity index (χ1v) is 9.92. The van der Waals surface area contributed by atoms with Crippen LogP contribution in [0.3, 0.4) is 0 Å². The number of nitrogens with zero attached hydrogens (tertiary/aromatic N) is 2. The molecule has 4 rings (SSSR count). The summed E-state index contributed by atoms with van der Waals surface area (Å²) >= 11 is 0. The highest BCUT2D eigenvalue weighted by molar-refractivity contribution is 6.09. The molecule has 2 aromatic carbocycles. The molecule has 33 heavy (non-hydrogen) atoms. The fraction of sp³-hybridized carbons (Fsp3) is 0.174. The lowest BCUT2D eigenvalue weighted by Crippen LogP contribution is -2.26. The third-order valence-corrected chi connectivity index (χ3v) is 5.22. The first-order chi connectivity index (χ1) is 16.0. The topological polar surface area (TPSA) is 124 Å². The number of aliphatic carboxylic acids is 1. The number of rotatable bonds is 7. The van der Waals surface area contributed by atoms with Crippen LogP contribution >= 0.6 is 0 Å². The molecule has 10 heteroatoms. The van der Waals surface area contributed by atoms with E-state index in [0.29, 0.717) is 28.5 Å². The van der Waals surface area contributed by atoms with Crippen LogP contribution in [0.1, 0.15) is 22.0 Å². The molecule has 0 saturated heterocycles. The minimum atomic E-state index is -1.18. The van der Waals surface area contributed by atoms with Gasteiger partial charge in [-0.05, 0) is 36.4 Å². The molecule has 3 aromatic rings. The van der Waals surface area contributed by atoms with Crippen LogP contribution in [-0.4, -0.2) is 48.1 Å². The molecular formula is C23H22N4O6. The van der Waals surface area contributed by atoms with Crippen LogP contribution in [0.2, 0.25) is 0 Å². The van der Waals surface area contributed by atoms with Crippen molar-refractivity contribution in [2.75, 3.05) is 32.0 Å². The van der Waals surface area contributed by atoms with E-state index in [1.807, 2.05) is 0 Å². The second-order valence-corrected chi connectivity index (χ2v) is 7.07. The van der Waals surface area contributed by atoms with E-state index in [1.54, 1.807) is 42.5 Å². The lowest BCUT2D eigenvalue weighted by molar-refractivity contribution is -0.132. The zero-order valence-electron chi connectivity index (χ0n) is 18.2. The fourth-order valence-electron chi connectivity index (χ4n) is 3.62. The molecule has 1 atom stereocenters. The molecule has 0 saturated carbocycles. The molecule has 1 amide bonds. The summed E-state index contributed by atoms with van der Waals surface area (Å²) in [5.74, 6) is 0.159. The summed E-state index contributed by atoms with van der Waals surface area (Å²) in [5.41, 5.74) is 1.17. The van der Waals surface area contributed by atoms with Gasteiger partial charge >= 0.3 is 5.97 Å². The zero-order chi connectivity index (χ0) is 23.5. The number of methoxy groups -OCH3 is 3. The van der Waals surface area contributed by atoms with Gasteiger partial charge in [-0.2, -0.15) is 5.10 Å². The highest BCUT2D eigenvalue weighted by atomic mass is 16.5. The van der Waals surface area contributed by atoms with Gasteiger partial charge in [0.1, 0.15) is 40.4 Å². The minimum absolute atomic E-state index is 0.0933. The Labute approximate surface area is 189 Å². The average Bonchev–Trinajstić information content (AvgIpc) is 3.27. The molecule has 0 spiro atoms. The summed E-state index contributed by atoms with van der Waals surface area (Å²) in [6.07, 6.45) is 2.88. The van der Waals surface area contributed by atoms with Crippen LogP contribution in [0, 0.1) is 0 Å². The van der Waals surface area contributed by atoms with Crippen LogP contribution in [-0.2, 0) is 4.79 Å². The third kappa shape index (κ3) is 4.05. The number of allylic oxidation sites excluding steroid dienone is 1. The molecule has 0 unspecified atom stereocenters.